The lowest BCUT2D eigenvalue weighted by molar-refractivity contribution is -0.161. The van der Waals surface area contributed by atoms with Gasteiger partial charge in [0.15, 0.2) is 6.10 Å². The van der Waals surface area contributed by atoms with E-state index in [-0.39, 0.29) is 19.3 Å². The Morgan fingerprint density at radius 2 is 0.431 bits per heavy atom. The average Bonchev–Trinajstić information content (AvgIpc) is 0.893. The van der Waals surface area contributed by atoms with Gasteiger partial charge in [-0.2, -0.15) is 0 Å². The van der Waals surface area contributed by atoms with Crippen LogP contribution in [0.5, 0.6) is 0 Å². The number of hydrogen-bond acceptors (Lipinski definition) is 14. The van der Waals surface area contributed by atoms with E-state index in [1.54, 1.807) is 0 Å². The predicted octanol–water partition coefficient (Wildman–Crippen LogP) is 30.8. The van der Waals surface area contributed by atoms with Crippen molar-refractivity contribution in [3.05, 3.63) is 182 Å². The predicted molar refractivity (Wildman–Crippen MR) is 518 cm³/mol. The first-order valence-corrected chi connectivity index (χ1v) is 52.1. The summed E-state index contributed by atoms with van der Waals surface area (Å²) in [7, 11) is -9.83. The van der Waals surface area contributed by atoms with Crippen molar-refractivity contribution < 1.29 is 75.8 Å². The summed E-state index contributed by atoms with van der Waals surface area (Å²) >= 11 is 0. The molecule has 0 aliphatic heterocycles. The fourth-order valence-electron chi connectivity index (χ4n) is 13.2. The van der Waals surface area contributed by atoms with Crippen LogP contribution < -0.4 is 0 Å². The number of aliphatic hydroxyl groups is 2. The minimum Gasteiger partial charge on any atom is -0.463 e. The Kier molecular flexibility index (Phi) is 91.6. The van der Waals surface area contributed by atoms with Crippen LogP contribution in [0.2, 0.25) is 0 Å². The van der Waals surface area contributed by atoms with Crippen LogP contribution in [0.4, 0.5) is 0 Å². The molecule has 18 heteroatoms. The van der Waals surface area contributed by atoms with Gasteiger partial charge in [0.2, 0.25) is 0 Å². The third kappa shape index (κ3) is 97.1. The fraction of sp³-hybridized carbons (Fsp3) is 0.686. The highest BCUT2D eigenvalue weighted by atomic mass is 31.2. The second-order valence-corrected chi connectivity index (χ2v) is 35.4. The first-order valence-electron chi connectivity index (χ1n) is 49.1. The van der Waals surface area contributed by atoms with E-state index in [0.717, 1.165) is 161 Å². The van der Waals surface area contributed by atoms with Crippen LogP contribution >= 0.6 is 15.6 Å². The summed E-state index contributed by atoms with van der Waals surface area (Å²) in [5.74, 6) is -1.60. The number of phosphoric ester groups is 2. The second kappa shape index (κ2) is 95.7. The monoisotopic (exact) mass is 1760 g/mol. The lowest BCUT2D eigenvalue weighted by Gasteiger charge is -2.21. The Hall–Kier alpha value is -5.35. The van der Waals surface area contributed by atoms with Crippen molar-refractivity contribution in [1.29, 1.82) is 0 Å². The van der Waals surface area contributed by atoms with Gasteiger partial charge in [-0.05, 0) is 161 Å². The molecule has 5 unspecified atom stereocenters. The number of phosphoric acid groups is 2. The van der Waals surface area contributed by atoms with Crippen LogP contribution in [0.25, 0.3) is 0 Å². The van der Waals surface area contributed by atoms with E-state index in [2.05, 4.69) is 203 Å². The third-order valence-corrected chi connectivity index (χ3v) is 22.5. The smallest absolute Gasteiger partial charge is 0.463 e. The molecule has 123 heavy (non-hydrogen) atoms. The van der Waals surface area contributed by atoms with E-state index in [1.165, 1.54) is 186 Å². The number of carbonyl (C=O) groups excluding carboxylic acids is 3. The van der Waals surface area contributed by atoms with Crippen LogP contribution in [0.15, 0.2) is 182 Å². The molecular formula is C105H178O16P2. The maximum atomic E-state index is 13.1. The summed E-state index contributed by atoms with van der Waals surface area (Å²) in [5, 5.41) is 20.8. The molecule has 0 fully saturated rings. The SMILES string of the molecule is CC/C=C\C/C=C\C/C=C\C/C=C\C/C=C\C/C=C\CCCCCCC(=O)OC(COC(=O)CCCCCCCCCCCCCCCCC/C=C\C/C=C\C/C=C\C/C=C\C/C=C\CC)COP(=O)(O)OCC(O)COP(=O)(O)OCC(O)COC(=O)CCCCCCCCCCCCCCCCCCC/C=C\C/C=C\C/C=C\C/C=C\CCCCC. The van der Waals surface area contributed by atoms with Gasteiger partial charge in [-0.25, -0.2) is 9.13 Å². The highest BCUT2D eigenvalue weighted by molar-refractivity contribution is 7.47. The third-order valence-electron chi connectivity index (χ3n) is 20.6. The van der Waals surface area contributed by atoms with Crippen molar-refractivity contribution in [2.75, 3.05) is 39.6 Å². The minimum atomic E-state index is -4.96. The van der Waals surface area contributed by atoms with Crippen LogP contribution in [0.3, 0.4) is 0 Å². The van der Waals surface area contributed by atoms with Crippen molar-refractivity contribution in [3.63, 3.8) is 0 Å². The molecule has 0 saturated heterocycles. The van der Waals surface area contributed by atoms with Gasteiger partial charge in [0, 0.05) is 19.3 Å². The molecule has 0 aliphatic rings. The zero-order valence-electron chi connectivity index (χ0n) is 77.8. The summed E-state index contributed by atoms with van der Waals surface area (Å²) < 4.78 is 61.6. The van der Waals surface area contributed by atoms with Gasteiger partial charge in [0.25, 0.3) is 0 Å². The Labute approximate surface area is 751 Å². The van der Waals surface area contributed by atoms with Gasteiger partial charge < -0.3 is 34.2 Å². The molecule has 4 N–H and O–H groups in total. The Morgan fingerprint density at radius 1 is 0.236 bits per heavy atom. The normalized spacial score (nSPS) is 14.5. The topological polar surface area (TPSA) is 231 Å². The van der Waals surface area contributed by atoms with Gasteiger partial charge in [-0.1, -0.05) is 409 Å². The Morgan fingerprint density at radius 3 is 0.683 bits per heavy atom. The van der Waals surface area contributed by atoms with Crippen molar-refractivity contribution in [2.45, 2.75) is 424 Å². The molecule has 0 heterocycles. The van der Waals surface area contributed by atoms with E-state index >= 15 is 0 Å². The zero-order valence-corrected chi connectivity index (χ0v) is 79.6. The van der Waals surface area contributed by atoms with Crippen molar-refractivity contribution in [1.82, 2.24) is 0 Å². The van der Waals surface area contributed by atoms with Gasteiger partial charge in [-0.15, -0.1) is 0 Å². The molecule has 16 nitrogen and oxygen atoms in total. The Bertz CT molecular complexity index is 2970. The Balaban J connectivity index is 4.60. The molecule has 0 saturated carbocycles. The second-order valence-electron chi connectivity index (χ2n) is 32.5. The first-order chi connectivity index (χ1) is 60.2. The lowest BCUT2D eigenvalue weighted by Crippen LogP contribution is -2.30. The van der Waals surface area contributed by atoms with Crippen LogP contribution in [0, 0.1) is 0 Å². The molecule has 0 rings (SSSR count). The molecule has 0 amide bonds. The summed E-state index contributed by atoms with van der Waals surface area (Å²) in [6.45, 7) is 2.45. The summed E-state index contributed by atoms with van der Waals surface area (Å²) in [6, 6.07) is 0. The maximum Gasteiger partial charge on any atom is 0.472 e. The van der Waals surface area contributed by atoms with Crippen molar-refractivity contribution in [3.8, 4) is 0 Å². The molecule has 0 aromatic heterocycles. The highest BCUT2D eigenvalue weighted by Crippen LogP contribution is 2.45. The molecular weight excluding hydrogens is 1580 g/mol. The standard InChI is InChI=1S/C105H178O16P2/c1-4-7-10-13-16-19-22-25-28-31-34-37-40-42-44-46-48-49-51-53-54-56-59-61-64-67-70-73-76-79-82-85-88-91-103(108)115-94-100(106)95-117-122(111,112)118-96-101(107)97-119-123(113,114)120-99-102(121-105(110)93-90-87-84-81-78-75-72-69-66-63-58-39-36-33-30-27-24-21-18-15-12-9-6-3)98-116-104(109)92-89-86-83-80-77-74-71-68-65-62-60-57-55-52-50-47-45-43-41-38-35-32-29-26-23-20-17-14-11-8-5-2/h8-9,11-12,16-21,25-30,34-39,42-45,63,66,72,75,100-102,106-107H,4-7,10,13-15,22-24,31-33,40-41,46-62,64-65,67-71,73-74,76-99H2,1-3H3,(H,111,112)(H,113,114)/b11-8-,12-9-,19-16-,20-17-,21-18-,28-25-,29-26-,30-27-,37-34-,38-35-,39-36-,44-42-,45-43-,66-63-,75-72-. The number of aliphatic hydroxyl groups excluding tert-OH is 2. The van der Waals surface area contributed by atoms with Crippen molar-refractivity contribution >= 4 is 33.6 Å². The fourth-order valence-corrected chi connectivity index (χ4v) is 14.8. The van der Waals surface area contributed by atoms with Crippen LogP contribution in [-0.2, 0) is 55.8 Å². The lowest BCUT2D eigenvalue weighted by atomic mass is 10.0. The zero-order chi connectivity index (χ0) is 89.3. The first kappa shape index (κ1) is 118. The van der Waals surface area contributed by atoms with Crippen LogP contribution in [-0.4, -0.2) is 95.9 Å². The van der Waals surface area contributed by atoms with Gasteiger partial charge in [-0.3, -0.25) is 32.5 Å². The summed E-state index contributed by atoms with van der Waals surface area (Å²) in [5.41, 5.74) is 0. The van der Waals surface area contributed by atoms with E-state index in [0.29, 0.717) is 19.3 Å². The maximum absolute atomic E-state index is 13.1. The molecule has 0 aromatic carbocycles. The molecule has 0 radical (unpaired) electrons. The van der Waals surface area contributed by atoms with Gasteiger partial charge >= 0.3 is 33.6 Å². The quantitative estimate of drug-likeness (QED) is 0.0146. The number of allylic oxidation sites excluding steroid dienone is 30. The summed E-state index contributed by atoms with van der Waals surface area (Å²) in [4.78, 5) is 59.1. The number of carbonyl (C=O) groups is 3. The number of hydrogen-bond donors (Lipinski definition) is 4. The van der Waals surface area contributed by atoms with E-state index in [9.17, 15) is 43.5 Å². The van der Waals surface area contributed by atoms with Crippen LogP contribution in [0.1, 0.15) is 406 Å². The highest BCUT2D eigenvalue weighted by Gasteiger charge is 2.30. The number of rotatable bonds is 92. The van der Waals surface area contributed by atoms with Gasteiger partial charge in [0.1, 0.15) is 25.4 Å². The largest absolute Gasteiger partial charge is 0.472 e. The summed E-state index contributed by atoms with van der Waals surface area (Å²) in [6.07, 6.45) is 127. The van der Waals surface area contributed by atoms with E-state index in [4.69, 9.17) is 32.3 Å². The molecule has 0 aromatic rings. The molecule has 5 atom stereocenters. The number of ether oxygens (including phenoxy) is 3. The number of esters is 3. The molecule has 0 aliphatic carbocycles. The van der Waals surface area contributed by atoms with E-state index in [1.807, 2.05) is 0 Å². The number of unbranched alkanes of at least 4 members (excludes halogenated alkanes) is 39. The molecule has 0 bridgehead atoms. The van der Waals surface area contributed by atoms with Crippen molar-refractivity contribution in [2.24, 2.45) is 0 Å². The minimum absolute atomic E-state index is 0.0701. The molecule has 704 valence electrons. The molecule has 0 spiro atoms. The van der Waals surface area contributed by atoms with Gasteiger partial charge in [0.05, 0.1) is 26.4 Å². The van der Waals surface area contributed by atoms with E-state index < -0.39 is 91.5 Å². The average molecular weight is 1760 g/mol.